The second kappa shape index (κ2) is 8.68. The van der Waals surface area contributed by atoms with Gasteiger partial charge in [0.15, 0.2) is 11.5 Å². The van der Waals surface area contributed by atoms with E-state index in [2.05, 4.69) is 23.3 Å². The van der Waals surface area contributed by atoms with E-state index >= 15 is 0 Å². The minimum atomic E-state index is -0.141. The van der Waals surface area contributed by atoms with Crippen LogP contribution in [-0.4, -0.2) is 31.7 Å². The predicted octanol–water partition coefficient (Wildman–Crippen LogP) is 4.25. The van der Waals surface area contributed by atoms with Crippen LogP contribution in [0.4, 0.5) is 0 Å². The van der Waals surface area contributed by atoms with Crippen LogP contribution < -0.4 is 14.8 Å². The molecule has 27 heavy (non-hydrogen) atoms. The molecule has 0 saturated heterocycles. The lowest BCUT2D eigenvalue weighted by Crippen LogP contribution is -2.25. The molecule has 1 heterocycles. The standard InChI is InChI=1S/C21H22N2O3S/c1-14(21-23-16-6-4-5-7-19(16)27-21)13-22-20(24)11-9-15-8-10-17(25-2)18(12-15)26-3/h4-12,14H,13H2,1-3H3,(H,22,24)/b11-9+. The highest BCUT2D eigenvalue weighted by molar-refractivity contribution is 7.18. The number of ether oxygens (including phenoxy) is 2. The molecule has 1 aromatic heterocycles. The number of carbonyl (C=O) groups is 1. The summed E-state index contributed by atoms with van der Waals surface area (Å²) in [6.45, 7) is 2.60. The topological polar surface area (TPSA) is 60.5 Å². The van der Waals surface area contributed by atoms with E-state index in [4.69, 9.17) is 9.47 Å². The number of aromatic nitrogens is 1. The number of thiazole rings is 1. The summed E-state index contributed by atoms with van der Waals surface area (Å²) in [6.07, 6.45) is 3.27. The molecule has 1 N–H and O–H groups in total. The second-order valence-corrected chi connectivity index (χ2v) is 7.18. The second-order valence-electron chi connectivity index (χ2n) is 6.11. The predicted molar refractivity (Wildman–Crippen MR) is 110 cm³/mol. The quantitative estimate of drug-likeness (QED) is 0.621. The van der Waals surface area contributed by atoms with Crippen molar-refractivity contribution in [3.63, 3.8) is 0 Å². The Kier molecular flexibility index (Phi) is 6.08. The fourth-order valence-electron chi connectivity index (χ4n) is 2.63. The average Bonchev–Trinajstić information content (AvgIpc) is 3.14. The first-order valence-corrected chi connectivity index (χ1v) is 9.45. The van der Waals surface area contributed by atoms with Crippen LogP contribution in [0.5, 0.6) is 11.5 Å². The molecular formula is C21H22N2O3S. The molecule has 0 aliphatic rings. The first kappa shape index (κ1) is 18.9. The Balaban J connectivity index is 1.58. The number of methoxy groups -OCH3 is 2. The SMILES string of the molecule is COc1ccc(/C=C/C(=O)NCC(C)c2nc3ccccc3s2)cc1OC. The molecule has 1 unspecified atom stereocenters. The fourth-order valence-corrected chi connectivity index (χ4v) is 3.65. The van der Waals surface area contributed by atoms with Crippen LogP contribution in [0.1, 0.15) is 23.4 Å². The summed E-state index contributed by atoms with van der Waals surface area (Å²) >= 11 is 1.67. The van der Waals surface area contributed by atoms with Crippen LogP contribution in [0.2, 0.25) is 0 Å². The summed E-state index contributed by atoms with van der Waals surface area (Å²) in [5.74, 6) is 1.30. The van der Waals surface area contributed by atoms with E-state index in [1.807, 2.05) is 36.4 Å². The minimum Gasteiger partial charge on any atom is -0.493 e. The number of hydrogen-bond acceptors (Lipinski definition) is 5. The van der Waals surface area contributed by atoms with Gasteiger partial charge in [-0.05, 0) is 35.9 Å². The van der Waals surface area contributed by atoms with Gasteiger partial charge in [0.2, 0.25) is 5.91 Å². The molecule has 140 valence electrons. The van der Waals surface area contributed by atoms with Crippen molar-refractivity contribution in [1.29, 1.82) is 0 Å². The Labute approximate surface area is 162 Å². The Hall–Kier alpha value is -2.86. The lowest BCUT2D eigenvalue weighted by Gasteiger charge is -2.09. The molecular weight excluding hydrogens is 360 g/mol. The maximum absolute atomic E-state index is 12.1. The number of amides is 1. The van der Waals surface area contributed by atoms with Crippen molar-refractivity contribution in [2.45, 2.75) is 12.8 Å². The largest absolute Gasteiger partial charge is 0.493 e. The number of hydrogen-bond donors (Lipinski definition) is 1. The highest BCUT2D eigenvalue weighted by Gasteiger charge is 2.12. The number of para-hydroxylation sites is 1. The molecule has 0 aliphatic heterocycles. The van der Waals surface area contributed by atoms with Gasteiger partial charge in [0.1, 0.15) is 0 Å². The molecule has 5 nitrogen and oxygen atoms in total. The third-order valence-corrected chi connectivity index (χ3v) is 5.42. The summed E-state index contributed by atoms with van der Waals surface area (Å²) in [5, 5.41) is 3.96. The maximum atomic E-state index is 12.1. The van der Waals surface area contributed by atoms with Gasteiger partial charge in [0.05, 0.1) is 29.4 Å². The molecule has 2 aromatic carbocycles. The van der Waals surface area contributed by atoms with Crippen molar-refractivity contribution >= 4 is 33.5 Å². The zero-order valence-corrected chi connectivity index (χ0v) is 16.4. The van der Waals surface area contributed by atoms with Gasteiger partial charge >= 0.3 is 0 Å². The Morgan fingerprint density at radius 3 is 2.70 bits per heavy atom. The smallest absolute Gasteiger partial charge is 0.244 e. The van der Waals surface area contributed by atoms with Crippen LogP contribution in [-0.2, 0) is 4.79 Å². The summed E-state index contributed by atoms with van der Waals surface area (Å²) in [6, 6.07) is 13.6. The third kappa shape index (κ3) is 4.65. The van der Waals surface area contributed by atoms with Gasteiger partial charge in [0, 0.05) is 18.5 Å². The number of nitrogens with one attached hydrogen (secondary N) is 1. The zero-order valence-electron chi connectivity index (χ0n) is 15.6. The average molecular weight is 382 g/mol. The van der Waals surface area contributed by atoms with Crippen LogP contribution in [0.3, 0.4) is 0 Å². The van der Waals surface area contributed by atoms with Gasteiger partial charge in [-0.1, -0.05) is 25.1 Å². The van der Waals surface area contributed by atoms with Crippen molar-refractivity contribution in [2.75, 3.05) is 20.8 Å². The van der Waals surface area contributed by atoms with Gasteiger partial charge in [-0.15, -0.1) is 11.3 Å². The van der Waals surface area contributed by atoms with E-state index in [9.17, 15) is 4.79 Å². The molecule has 3 aromatic rings. The first-order valence-electron chi connectivity index (χ1n) is 8.64. The Bertz CT molecular complexity index is 932. The zero-order chi connectivity index (χ0) is 19.2. The molecule has 3 rings (SSSR count). The van der Waals surface area contributed by atoms with Crippen LogP contribution >= 0.6 is 11.3 Å². The van der Waals surface area contributed by atoms with E-state index in [1.54, 1.807) is 31.6 Å². The molecule has 0 radical (unpaired) electrons. The molecule has 6 heteroatoms. The molecule has 0 bridgehead atoms. The summed E-state index contributed by atoms with van der Waals surface area (Å²) in [5.41, 5.74) is 1.87. The van der Waals surface area contributed by atoms with Gasteiger partial charge in [-0.3, -0.25) is 4.79 Å². The van der Waals surface area contributed by atoms with Gasteiger partial charge in [0.25, 0.3) is 0 Å². The summed E-state index contributed by atoms with van der Waals surface area (Å²) < 4.78 is 11.6. The van der Waals surface area contributed by atoms with Gasteiger partial charge in [-0.2, -0.15) is 0 Å². The molecule has 0 spiro atoms. The van der Waals surface area contributed by atoms with E-state index < -0.39 is 0 Å². The lowest BCUT2D eigenvalue weighted by molar-refractivity contribution is -0.116. The first-order chi connectivity index (χ1) is 13.1. The number of fused-ring (bicyclic) bond motifs is 1. The van der Waals surface area contributed by atoms with Gasteiger partial charge < -0.3 is 14.8 Å². The summed E-state index contributed by atoms with van der Waals surface area (Å²) in [7, 11) is 3.18. The number of benzene rings is 2. The third-order valence-electron chi connectivity index (χ3n) is 4.15. The molecule has 1 atom stereocenters. The monoisotopic (exact) mass is 382 g/mol. The van der Waals surface area contributed by atoms with Gasteiger partial charge in [-0.25, -0.2) is 4.98 Å². The maximum Gasteiger partial charge on any atom is 0.244 e. The van der Waals surface area contributed by atoms with Crippen molar-refractivity contribution in [3.05, 3.63) is 59.1 Å². The van der Waals surface area contributed by atoms with Crippen LogP contribution in [0, 0.1) is 0 Å². The van der Waals surface area contributed by atoms with E-state index in [0.29, 0.717) is 18.0 Å². The Morgan fingerprint density at radius 1 is 1.19 bits per heavy atom. The lowest BCUT2D eigenvalue weighted by atomic mass is 10.1. The summed E-state index contributed by atoms with van der Waals surface area (Å²) in [4.78, 5) is 16.8. The van der Waals surface area contributed by atoms with Crippen molar-refractivity contribution < 1.29 is 14.3 Å². The highest BCUT2D eigenvalue weighted by atomic mass is 32.1. The van der Waals surface area contributed by atoms with Crippen LogP contribution in [0.15, 0.2) is 48.5 Å². The molecule has 0 fully saturated rings. The number of carbonyl (C=O) groups excluding carboxylic acids is 1. The minimum absolute atomic E-state index is 0.141. The molecule has 0 saturated carbocycles. The fraction of sp³-hybridized carbons (Fsp3) is 0.238. The van der Waals surface area contributed by atoms with E-state index in [-0.39, 0.29) is 11.8 Å². The Morgan fingerprint density at radius 2 is 1.96 bits per heavy atom. The highest BCUT2D eigenvalue weighted by Crippen LogP contribution is 2.28. The van der Waals surface area contributed by atoms with E-state index in [0.717, 1.165) is 16.1 Å². The van der Waals surface area contributed by atoms with Crippen molar-refractivity contribution in [2.24, 2.45) is 0 Å². The molecule has 0 aliphatic carbocycles. The normalized spacial score (nSPS) is 12.3. The van der Waals surface area contributed by atoms with E-state index in [1.165, 1.54) is 10.8 Å². The van der Waals surface area contributed by atoms with Crippen molar-refractivity contribution in [1.82, 2.24) is 10.3 Å². The van der Waals surface area contributed by atoms with Crippen LogP contribution in [0.25, 0.3) is 16.3 Å². The number of nitrogens with zero attached hydrogens (tertiary/aromatic N) is 1. The molecule has 1 amide bonds. The van der Waals surface area contributed by atoms with Crippen molar-refractivity contribution in [3.8, 4) is 11.5 Å². The number of rotatable bonds is 7.